The minimum absolute atomic E-state index is 0.0552. The van der Waals surface area contributed by atoms with Crippen molar-refractivity contribution in [2.24, 2.45) is 0 Å². The van der Waals surface area contributed by atoms with Crippen molar-refractivity contribution >= 4 is 40.9 Å². The minimum atomic E-state index is -1.16. The van der Waals surface area contributed by atoms with Crippen molar-refractivity contribution in [2.45, 2.75) is 17.1 Å². The third kappa shape index (κ3) is 5.48. The second-order valence-electron chi connectivity index (χ2n) is 6.44. The molecule has 30 heavy (non-hydrogen) atoms. The van der Waals surface area contributed by atoms with Gasteiger partial charge in [-0.05, 0) is 55.5 Å². The first-order chi connectivity index (χ1) is 14.4. The fourth-order valence-corrected chi connectivity index (χ4v) is 3.57. The summed E-state index contributed by atoms with van der Waals surface area (Å²) in [5, 5.41) is 14.5. The first-order valence-corrected chi connectivity index (χ1v) is 10.1. The van der Waals surface area contributed by atoms with Gasteiger partial charge in [-0.25, -0.2) is 4.79 Å². The van der Waals surface area contributed by atoms with E-state index >= 15 is 0 Å². The zero-order valence-electron chi connectivity index (χ0n) is 16.2. The van der Waals surface area contributed by atoms with Crippen LogP contribution in [0.4, 0.5) is 11.4 Å². The summed E-state index contributed by atoms with van der Waals surface area (Å²) in [5.41, 5.74) is 1.32. The van der Waals surface area contributed by atoms with Crippen LogP contribution >= 0.6 is 11.8 Å². The number of carbonyl (C=O) groups excluding carboxylic acids is 2. The highest BCUT2D eigenvalue weighted by Crippen LogP contribution is 2.26. The maximum Gasteiger partial charge on any atom is 0.336 e. The molecule has 7 heteroatoms. The zero-order valence-corrected chi connectivity index (χ0v) is 17.0. The van der Waals surface area contributed by atoms with Gasteiger partial charge in [-0.3, -0.25) is 9.59 Å². The Bertz CT molecular complexity index is 1050. The zero-order chi connectivity index (χ0) is 21.5. The van der Waals surface area contributed by atoms with E-state index in [0.29, 0.717) is 5.69 Å². The Kier molecular flexibility index (Phi) is 6.87. The number of aromatic carboxylic acids is 1. The molecule has 0 saturated carbocycles. The second kappa shape index (κ2) is 9.76. The molecular formula is C23H20N2O4S. The van der Waals surface area contributed by atoms with Gasteiger partial charge in [-0.15, -0.1) is 11.8 Å². The Morgan fingerprint density at radius 3 is 1.97 bits per heavy atom. The van der Waals surface area contributed by atoms with Crippen molar-refractivity contribution < 1.29 is 19.5 Å². The van der Waals surface area contributed by atoms with E-state index in [1.54, 1.807) is 36.4 Å². The standard InChI is InChI=1S/C23H20N2O4S/c1-15(21(26)24-16-7-3-2-4-8-16)30-18-13-11-17(12-14-18)25-22(27)19-9-5-6-10-20(19)23(28)29/h2-15H,1H3,(H,24,26)(H,25,27)(H,28,29). The highest BCUT2D eigenvalue weighted by atomic mass is 32.2. The van der Waals surface area contributed by atoms with Gasteiger partial charge in [0, 0.05) is 16.3 Å². The molecule has 0 radical (unpaired) electrons. The fraction of sp³-hybridized carbons (Fsp3) is 0.0870. The van der Waals surface area contributed by atoms with Gasteiger partial charge in [0.15, 0.2) is 0 Å². The third-order valence-electron chi connectivity index (χ3n) is 4.24. The Hall–Kier alpha value is -3.58. The Labute approximate surface area is 178 Å². The molecule has 0 aromatic heterocycles. The van der Waals surface area contributed by atoms with Crippen LogP contribution in [-0.2, 0) is 4.79 Å². The molecule has 3 rings (SSSR count). The molecular weight excluding hydrogens is 400 g/mol. The molecule has 0 heterocycles. The average molecular weight is 420 g/mol. The van der Waals surface area contributed by atoms with Crippen LogP contribution in [0.25, 0.3) is 0 Å². The maximum absolute atomic E-state index is 12.4. The Balaban J connectivity index is 1.60. The number of thioether (sulfide) groups is 1. The van der Waals surface area contributed by atoms with E-state index in [1.165, 1.54) is 23.9 Å². The van der Waals surface area contributed by atoms with Gasteiger partial charge < -0.3 is 15.7 Å². The smallest absolute Gasteiger partial charge is 0.336 e. The van der Waals surface area contributed by atoms with E-state index < -0.39 is 11.9 Å². The lowest BCUT2D eigenvalue weighted by atomic mass is 10.1. The average Bonchev–Trinajstić information content (AvgIpc) is 2.75. The highest BCUT2D eigenvalue weighted by molar-refractivity contribution is 8.00. The van der Waals surface area contributed by atoms with E-state index in [4.69, 9.17) is 0 Å². The summed E-state index contributed by atoms with van der Waals surface area (Å²) in [6, 6.07) is 22.3. The van der Waals surface area contributed by atoms with Gasteiger partial charge >= 0.3 is 5.97 Å². The second-order valence-corrected chi connectivity index (χ2v) is 7.86. The Morgan fingerprint density at radius 1 is 0.767 bits per heavy atom. The van der Waals surface area contributed by atoms with Crippen LogP contribution in [0.1, 0.15) is 27.6 Å². The van der Waals surface area contributed by atoms with Gasteiger partial charge in [0.25, 0.3) is 5.91 Å². The van der Waals surface area contributed by atoms with Crippen LogP contribution in [0.5, 0.6) is 0 Å². The van der Waals surface area contributed by atoms with Gasteiger partial charge in [-0.1, -0.05) is 30.3 Å². The lowest BCUT2D eigenvalue weighted by Gasteiger charge is -2.13. The lowest BCUT2D eigenvalue weighted by molar-refractivity contribution is -0.115. The molecule has 3 aromatic carbocycles. The number of amides is 2. The van der Waals surface area contributed by atoms with E-state index in [-0.39, 0.29) is 22.3 Å². The summed E-state index contributed by atoms with van der Waals surface area (Å²) in [6.07, 6.45) is 0. The van der Waals surface area contributed by atoms with Gasteiger partial charge in [0.1, 0.15) is 0 Å². The molecule has 6 nitrogen and oxygen atoms in total. The molecule has 0 spiro atoms. The molecule has 1 unspecified atom stereocenters. The SMILES string of the molecule is CC(Sc1ccc(NC(=O)c2ccccc2C(=O)O)cc1)C(=O)Nc1ccccc1. The van der Waals surface area contributed by atoms with Gasteiger partial charge in [0.05, 0.1) is 16.4 Å². The molecule has 0 bridgehead atoms. The van der Waals surface area contributed by atoms with Crippen LogP contribution in [0.15, 0.2) is 83.8 Å². The third-order valence-corrected chi connectivity index (χ3v) is 5.35. The molecule has 0 aliphatic heterocycles. The summed E-state index contributed by atoms with van der Waals surface area (Å²) in [4.78, 5) is 36.9. The number of para-hydroxylation sites is 1. The first kappa shape index (κ1) is 21.1. The van der Waals surface area contributed by atoms with Crippen molar-refractivity contribution in [1.29, 1.82) is 0 Å². The number of carboxylic acid groups (broad SMARTS) is 1. The lowest BCUT2D eigenvalue weighted by Crippen LogP contribution is -2.22. The molecule has 3 N–H and O–H groups in total. The van der Waals surface area contributed by atoms with E-state index in [2.05, 4.69) is 10.6 Å². The molecule has 0 aliphatic rings. The van der Waals surface area contributed by atoms with Crippen LogP contribution < -0.4 is 10.6 Å². The van der Waals surface area contributed by atoms with Crippen molar-refractivity contribution in [3.8, 4) is 0 Å². The number of carboxylic acids is 1. The van der Waals surface area contributed by atoms with Crippen LogP contribution in [-0.4, -0.2) is 28.1 Å². The number of benzene rings is 3. The molecule has 0 fully saturated rings. The van der Waals surface area contributed by atoms with Crippen LogP contribution in [0, 0.1) is 0 Å². The number of anilines is 2. The normalized spacial score (nSPS) is 11.4. The summed E-state index contributed by atoms with van der Waals surface area (Å²) in [5.74, 6) is -1.76. The molecule has 0 aliphatic carbocycles. The molecule has 1 atom stereocenters. The highest BCUT2D eigenvalue weighted by Gasteiger charge is 2.17. The molecule has 2 amide bonds. The van der Waals surface area contributed by atoms with Gasteiger partial charge in [-0.2, -0.15) is 0 Å². The quantitative estimate of drug-likeness (QED) is 0.479. The van der Waals surface area contributed by atoms with E-state index in [0.717, 1.165) is 10.6 Å². The van der Waals surface area contributed by atoms with Crippen LogP contribution in [0.2, 0.25) is 0 Å². The van der Waals surface area contributed by atoms with Crippen molar-refractivity contribution in [2.75, 3.05) is 10.6 Å². The number of rotatable bonds is 7. The molecule has 152 valence electrons. The maximum atomic E-state index is 12.4. The summed E-state index contributed by atoms with van der Waals surface area (Å²) < 4.78 is 0. The summed E-state index contributed by atoms with van der Waals surface area (Å²) >= 11 is 1.40. The van der Waals surface area contributed by atoms with Crippen LogP contribution in [0.3, 0.4) is 0 Å². The fourth-order valence-electron chi connectivity index (χ4n) is 2.71. The summed E-state index contributed by atoms with van der Waals surface area (Å²) in [7, 11) is 0. The number of hydrogen-bond acceptors (Lipinski definition) is 4. The summed E-state index contributed by atoms with van der Waals surface area (Å²) in [6.45, 7) is 1.82. The largest absolute Gasteiger partial charge is 0.478 e. The topological polar surface area (TPSA) is 95.5 Å². The van der Waals surface area contributed by atoms with Gasteiger partial charge in [0.2, 0.25) is 5.91 Å². The first-order valence-electron chi connectivity index (χ1n) is 9.20. The minimum Gasteiger partial charge on any atom is -0.478 e. The van der Waals surface area contributed by atoms with Crippen molar-refractivity contribution in [3.05, 3.63) is 90.0 Å². The van der Waals surface area contributed by atoms with E-state index in [9.17, 15) is 19.5 Å². The predicted molar refractivity (Wildman–Crippen MR) is 118 cm³/mol. The molecule has 3 aromatic rings. The number of nitrogens with one attached hydrogen (secondary N) is 2. The monoisotopic (exact) mass is 420 g/mol. The van der Waals surface area contributed by atoms with E-state index in [1.807, 2.05) is 37.3 Å². The number of carbonyl (C=O) groups is 3. The number of hydrogen-bond donors (Lipinski definition) is 3. The Morgan fingerprint density at radius 2 is 1.33 bits per heavy atom. The van der Waals surface area contributed by atoms with Crippen molar-refractivity contribution in [1.82, 2.24) is 0 Å². The van der Waals surface area contributed by atoms with Crippen molar-refractivity contribution in [3.63, 3.8) is 0 Å². The molecule has 0 saturated heterocycles. The predicted octanol–water partition coefficient (Wildman–Crippen LogP) is 4.76.